The molecule has 2 aromatic heterocycles. The van der Waals surface area contributed by atoms with Crippen LogP contribution in [0.2, 0.25) is 0 Å². The maximum absolute atomic E-state index is 5.18. The van der Waals surface area contributed by atoms with Crippen molar-refractivity contribution in [2.45, 2.75) is 0 Å². The Labute approximate surface area is 278 Å². The Morgan fingerprint density at radius 3 is 1.64 bits per heavy atom. The van der Waals surface area contributed by atoms with Gasteiger partial charge in [-0.2, -0.15) is 0 Å². The second-order valence-corrected chi connectivity index (χ2v) is 13.8. The molecule has 220 valence electrons. The molecule has 0 radical (unpaired) electrons. The average Bonchev–Trinajstić information content (AvgIpc) is 3.54. The molecule has 0 aliphatic heterocycles. The Kier molecular flexibility index (Phi) is 6.82. The molecule has 0 bridgehead atoms. The summed E-state index contributed by atoms with van der Waals surface area (Å²) in [5.41, 5.74) is 7.85. The molecule has 0 amide bonds. The van der Waals surface area contributed by atoms with E-state index in [1.807, 2.05) is 24.3 Å². The Morgan fingerprint density at radius 1 is 0.319 bits per heavy atom. The molecule has 0 saturated carbocycles. The maximum atomic E-state index is 5.18. The van der Waals surface area contributed by atoms with E-state index >= 15 is 0 Å². The standard InChI is InChI=1S/C43H27N3Se/c1-3-12-28(13-4-1)32-18-9-19-34(27-32)42-44-41(30-15-5-2-6-16-30)45-43(46-42)38-23-11-22-37-36-21-10-20-35(39(36)47-40(37)38)33-25-24-29-14-7-8-17-31(29)26-33/h1-27H. The van der Waals surface area contributed by atoms with Gasteiger partial charge in [-0.05, 0) is 0 Å². The second-order valence-electron chi connectivity index (χ2n) is 11.6. The zero-order valence-corrected chi connectivity index (χ0v) is 27.1. The zero-order chi connectivity index (χ0) is 31.2. The molecular formula is C43H27N3Se. The van der Waals surface area contributed by atoms with Crippen LogP contribution < -0.4 is 0 Å². The van der Waals surface area contributed by atoms with E-state index in [4.69, 9.17) is 15.0 Å². The molecule has 9 rings (SSSR count). The molecule has 0 saturated heterocycles. The van der Waals surface area contributed by atoms with E-state index in [0.29, 0.717) is 17.5 Å². The molecule has 0 N–H and O–H groups in total. The second kappa shape index (κ2) is 11.6. The van der Waals surface area contributed by atoms with Crippen LogP contribution in [0.15, 0.2) is 164 Å². The molecule has 0 atom stereocenters. The van der Waals surface area contributed by atoms with Crippen LogP contribution in [0.1, 0.15) is 0 Å². The van der Waals surface area contributed by atoms with Crippen LogP contribution in [-0.2, 0) is 0 Å². The van der Waals surface area contributed by atoms with Gasteiger partial charge in [-0.1, -0.05) is 0 Å². The third kappa shape index (κ3) is 5.05. The van der Waals surface area contributed by atoms with Crippen LogP contribution in [-0.4, -0.2) is 29.5 Å². The number of nitrogens with zero attached hydrogens (tertiary/aromatic N) is 3. The van der Waals surface area contributed by atoms with Crippen LogP contribution in [0.25, 0.3) is 86.5 Å². The number of aromatic nitrogens is 3. The Hall–Kier alpha value is -5.67. The number of hydrogen-bond donors (Lipinski definition) is 0. The summed E-state index contributed by atoms with van der Waals surface area (Å²) in [7, 11) is 0. The van der Waals surface area contributed by atoms with Crippen LogP contribution >= 0.6 is 0 Å². The molecule has 0 spiro atoms. The molecule has 0 aliphatic rings. The first-order valence-corrected chi connectivity index (χ1v) is 17.4. The molecule has 0 aliphatic carbocycles. The summed E-state index contributed by atoms with van der Waals surface area (Å²) < 4.78 is 2.73. The van der Waals surface area contributed by atoms with Gasteiger partial charge in [0.1, 0.15) is 0 Å². The fraction of sp³-hybridized carbons (Fsp3) is 0. The summed E-state index contributed by atoms with van der Waals surface area (Å²) in [4.78, 5) is 15.3. The fourth-order valence-corrected chi connectivity index (χ4v) is 9.21. The molecule has 9 aromatic rings. The zero-order valence-electron chi connectivity index (χ0n) is 25.3. The van der Waals surface area contributed by atoms with Gasteiger partial charge in [0, 0.05) is 0 Å². The van der Waals surface area contributed by atoms with Crippen molar-refractivity contribution in [3.8, 4) is 56.4 Å². The van der Waals surface area contributed by atoms with Gasteiger partial charge in [0.2, 0.25) is 0 Å². The van der Waals surface area contributed by atoms with Gasteiger partial charge in [0.15, 0.2) is 0 Å². The number of hydrogen-bond acceptors (Lipinski definition) is 3. The SMILES string of the molecule is c1ccc(-c2cccc(-c3nc(-c4ccccc4)nc(-c4cccc5c4[se]c4c(-c6ccc7ccccc7c6)cccc45)n3)c2)cc1. The van der Waals surface area contributed by atoms with E-state index in [9.17, 15) is 0 Å². The first kappa shape index (κ1) is 27.6. The third-order valence-electron chi connectivity index (χ3n) is 8.72. The molecule has 2 heterocycles. The van der Waals surface area contributed by atoms with Crippen molar-refractivity contribution >= 4 is 44.6 Å². The Balaban J connectivity index is 1.24. The van der Waals surface area contributed by atoms with Gasteiger partial charge >= 0.3 is 280 Å². The third-order valence-corrected chi connectivity index (χ3v) is 11.4. The molecule has 7 aromatic carbocycles. The van der Waals surface area contributed by atoms with Crippen molar-refractivity contribution in [3.63, 3.8) is 0 Å². The monoisotopic (exact) mass is 665 g/mol. The summed E-state index contributed by atoms with van der Waals surface area (Å²) in [5.74, 6) is 2.05. The number of benzene rings is 7. The summed E-state index contributed by atoms with van der Waals surface area (Å²) in [6.45, 7) is 0. The Morgan fingerprint density at radius 2 is 0.872 bits per heavy atom. The van der Waals surface area contributed by atoms with Crippen LogP contribution in [0.3, 0.4) is 0 Å². The van der Waals surface area contributed by atoms with Gasteiger partial charge in [-0.15, -0.1) is 0 Å². The van der Waals surface area contributed by atoms with Crippen LogP contribution in [0, 0.1) is 0 Å². The molecule has 0 unspecified atom stereocenters. The summed E-state index contributed by atoms with van der Waals surface area (Å²) in [6, 6.07) is 57.8. The topological polar surface area (TPSA) is 38.7 Å². The first-order valence-electron chi connectivity index (χ1n) is 15.7. The molecule has 3 nitrogen and oxygen atoms in total. The number of rotatable bonds is 5. The predicted molar refractivity (Wildman–Crippen MR) is 196 cm³/mol. The van der Waals surface area contributed by atoms with E-state index in [1.54, 1.807) is 0 Å². The first-order chi connectivity index (χ1) is 23.3. The van der Waals surface area contributed by atoms with Crippen LogP contribution in [0.4, 0.5) is 0 Å². The molecule has 4 heteroatoms. The Bertz CT molecular complexity index is 2570. The number of fused-ring (bicyclic) bond motifs is 4. The van der Waals surface area contributed by atoms with Crippen molar-refractivity contribution in [1.29, 1.82) is 0 Å². The van der Waals surface area contributed by atoms with Gasteiger partial charge in [-0.3, -0.25) is 0 Å². The average molecular weight is 665 g/mol. The van der Waals surface area contributed by atoms with Gasteiger partial charge in [0.05, 0.1) is 0 Å². The van der Waals surface area contributed by atoms with Crippen LogP contribution in [0.5, 0.6) is 0 Å². The summed E-state index contributed by atoms with van der Waals surface area (Å²) >= 11 is 0.0659. The van der Waals surface area contributed by atoms with Crippen molar-refractivity contribution < 1.29 is 0 Å². The molecule has 47 heavy (non-hydrogen) atoms. The predicted octanol–water partition coefficient (Wildman–Crippen LogP) is 10.7. The van der Waals surface area contributed by atoms with Gasteiger partial charge < -0.3 is 0 Å². The van der Waals surface area contributed by atoms with Gasteiger partial charge in [0.25, 0.3) is 0 Å². The quantitative estimate of drug-likeness (QED) is 0.172. The molecular weight excluding hydrogens is 637 g/mol. The normalized spacial score (nSPS) is 11.4. The van der Waals surface area contributed by atoms with Crippen molar-refractivity contribution in [2.75, 3.05) is 0 Å². The van der Waals surface area contributed by atoms with E-state index in [-0.39, 0.29) is 14.5 Å². The van der Waals surface area contributed by atoms with Crippen molar-refractivity contribution in [2.24, 2.45) is 0 Å². The molecule has 0 fully saturated rings. The van der Waals surface area contributed by atoms with E-state index in [0.717, 1.165) is 27.8 Å². The van der Waals surface area contributed by atoms with Crippen molar-refractivity contribution in [3.05, 3.63) is 164 Å². The van der Waals surface area contributed by atoms with E-state index in [1.165, 1.54) is 41.2 Å². The fourth-order valence-electron chi connectivity index (χ4n) is 6.39. The minimum atomic E-state index is 0.0659. The van der Waals surface area contributed by atoms with E-state index in [2.05, 4.69) is 140 Å². The van der Waals surface area contributed by atoms with Gasteiger partial charge in [-0.25, -0.2) is 0 Å². The van der Waals surface area contributed by atoms with E-state index < -0.39 is 0 Å². The summed E-state index contributed by atoms with van der Waals surface area (Å²) in [6.07, 6.45) is 0. The van der Waals surface area contributed by atoms with Crippen molar-refractivity contribution in [1.82, 2.24) is 15.0 Å². The minimum absolute atomic E-state index is 0.0659. The summed E-state index contributed by atoms with van der Waals surface area (Å²) in [5, 5.41) is 5.10.